The quantitative estimate of drug-likeness (QED) is 0.135. The number of amidine groups is 1. The van der Waals surface area contributed by atoms with Gasteiger partial charge in [-0.3, -0.25) is 9.59 Å². The Kier molecular flexibility index (Phi) is 8.95. The van der Waals surface area contributed by atoms with E-state index in [9.17, 15) is 27.6 Å². The van der Waals surface area contributed by atoms with Crippen molar-refractivity contribution in [2.75, 3.05) is 18.5 Å². The molecule has 2 amide bonds. The Labute approximate surface area is 196 Å². The van der Waals surface area contributed by atoms with Crippen LogP contribution in [0.5, 0.6) is 0 Å². The number of aromatic nitrogens is 1. The highest BCUT2D eigenvalue weighted by Gasteiger charge is 2.32. The molecule has 10 nitrogen and oxygen atoms in total. The van der Waals surface area contributed by atoms with Crippen LogP contribution in [-0.2, 0) is 15.7 Å². The SMILES string of the molecule is CCCOC(=O)c1sc(NC(=O)CCNC(=O)c2cc(/C(N)=N/O)cc(C(F)(F)F)c2)nc1C. The van der Waals surface area contributed by atoms with Crippen LogP contribution in [0.4, 0.5) is 18.3 Å². The van der Waals surface area contributed by atoms with E-state index in [1.165, 1.54) is 0 Å². The van der Waals surface area contributed by atoms with E-state index in [2.05, 4.69) is 20.8 Å². The van der Waals surface area contributed by atoms with Gasteiger partial charge in [-0.05, 0) is 31.5 Å². The third-order valence-corrected chi connectivity index (χ3v) is 5.28. The average molecular weight is 501 g/mol. The van der Waals surface area contributed by atoms with Crippen LogP contribution in [-0.4, -0.2) is 47.0 Å². The van der Waals surface area contributed by atoms with Crippen LogP contribution < -0.4 is 16.4 Å². The number of rotatable bonds is 9. The Hall–Kier alpha value is -3.68. The van der Waals surface area contributed by atoms with Crippen LogP contribution >= 0.6 is 11.3 Å². The van der Waals surface area contributed by atoms with Gasteiger partial charge >= 0.3 is 12.1 Å². The highest BCUT2D eigenvalue weighted by Crippen LogP contribution is 2.30. The maximum atomic E-state index is 13.1. The number of amides is 2. The molecule has 2 aromatic rings. The molecule has 0 bridgehead atoms. The number of aryl methyl sites for hydroxylation is 1. The first kappa shape index (κ1) is 26.6. The molecule has 184 valence electrons. The Balaban J connectivity index is 1.99. The zero-order chi connectivity index (χ0) is 25.5. The lowest BCUT2D eigenvalue weighted by molar-refractivity contribution is -0.137. The summed E-state index contributed by atoms with van der Waals surface area (Å²) < 4.78 is 44.4. The molecule has 0 fully saturated rings. The van der Waals surface area contributed by atoms with Gasteiger partial charge in [0.15, 0.2) is 11.0 Å². The topological polar surface area (TPSA) is 156 Å². The van der Waals surface area contributed by atoms with Crippen LogP contribution in [0.2, 0.25) is 0 Å². The first-order valence-electron chi connectivity index (χ1n) is 9.89. The second-order valence-electron chi connectivity index (χ2n) is 6.91. The molecule has 0 spiro atoms. The molecule has 0 aliphatic heterocycles. The first-order valence-corrected chi connectivity index (χ1v) is 10.7. The number of carbonyl (C=O) groups is 3. The molecule has 0 aliphatic rings. The molecule has 2 rings (SSSR count). The van der Waals surface area contributed by atoms with Gasteiger partial charge in [0.05, 0.1) is 17.9 Å². The fourth-order valence-electron chi connectivity index (χ4n) is 2.60. The predicted octanol–water partition coefficient (Wildman–Crippen LogP) is 2.89. The van der Waals surface area contributed by atoms with Gasteiger partial charge in [-0.25, -0.2) is 9.78 Å². The number of benzene rings is 1. The number of esters is 1. The minimum Gasteiger partial charge on any atom is -0.461 e. The van der Waals surface area contributed by atoms with Crippen molar-refractivity contribution in [1.82, 2.24) is 10.3 Å². The standard InChI is InChI=1S/C20H22F3N5O5S/c1-3-6-33-18(31)15-10(2)26-19(34-15)27-14(29)4-5-25-17(30)12-7-11(16(24)28-32)8-13(9-12)20(21,22)23/h7-9,32H,3-6H2,1-2H3,(H2,24,28)(H,25,30)(H,26,27,29). The maximum Gasteiger partial charge on any atom is 0.416 e. The predicted molar refractivity (Wildman–Crippen MR) is 117 cm³/mol. The van der Waals surface area contributed by atoms with E-state index in [0.717, 1.165) is 17.4 Å². The molecule has 0 atom stereocenters. The summed E-state index contributed by atoms with van der Waals surface area (Å²) in [6.45, 7) is 3.49. The third-order valence-electron chi connectivity index (χ3n) is 4.23. The molecule has 1 aromatic carbocycles. The van der Waals surface area contributed by atoms with Crippen molar-refractivity contribution in [3.63, 3.8) is 0 Å². The summed E-state index contributed by atoms with van der Waals surface area (Å²) in [6, 6.07) is 2.28. The number of oxime groups is 1. The van der Waals surface area contributed by atoms with E-state index in [-0.39, 0.29) is 40.7 Å². The smallest absolute Gasteiger partial charge is 0.416 e. The Bertz CT molecular complexity index is 1100. The van der Waals surface area contributed by atoms with E-state index in [1.807, 2.05) is 6.92 Å². The Morgan fingerprint density at radius 3 is 2.53 bits per heavy atom. The second kappa shape index (κ2) is 11.4. The normalized spacial score (nSPS) is 11.7. The molecular formula is C20H22F3N5O5S. The van der Waals surface area contributed by atoms with Gasteiger partial charge < -0.3 is 26.3 Å². The minimum atomic E-state index is -4.77. The lowest BCUT2D eigenvalue weighted by Crippen LogP contribution is -2.28. The van der Waals surface area contributed by atoms with Crippen molar-refractivity contribution in [2.24, 2.45) is 10.9 Å². The molecular weight excluding hydrogens is 479 g/mol. The van der Waals surface area contributed by atoms with Crippen LogP contribution in [0.1, 0.15) is 56.6 Å². The first-order chi connectivity index (χ1) is 16.0. The molecule has 34 heavy (non-hydrogen) atoms. The molecule has 1 aromatic heterocycles. The number of anilines is 1. The number of carbonyl (C=O) groups excluding carboxylic acids is 3. The minimum absolute atomic E-state index is 0.165. The highest BCUT2D eigenvalue weighted by molar-refractivity contribution is 7.17. The zero-order valence-electron chi connectivity index (χ0n) is 18.2. The Morgan fingerprint density at radius 1 is 1.24 bits per heavy atom. The van der Waals surface area contributed by atoms with Crippen LogP contribution in [0.25, 0.3) is 0 Å². The monoisotopic (exact) mass is 501 g/mol. The summed E-state index contributed by atoms with van der Waals surface area (Å²) in [5.41, 5.74) is 3.90. The van der Waals surface area contributed by atoms with Gasteiger partial charge in [-0.2, -0.15) is 13.2 Å². The number of alkyl halides is 3. The fraction of sp³-hybridized carbons (Fsp3) is 0.350. The van der Waals surface area contributed by atoms with E-state index < -0.39 is 35.4 Å². The number of nitrogens with two attached hydrogens (primary N) is 1. The molecule has 5 N–H and O–H groups in total. The summed E-state index contributed by atoms with van der Waals surface area (Å²) >= 11 is 0.938. The van der Waals surface area contributed by atoms with Crippen molar-refractivity contribution < 1.29 is 37.5 Å². The number of thiazole rings is 1. The van der Waals surface area contributed by atoms with Gasteiger partial charge in [0.1, 0.15) is 4.88 Å². The van der Waals surface area contributed by atoms with Gasteiger partial charge in [-0.1, -0.05) is 23.4 Å². The summed E-state index contributed by atoms with van der Waals surface area (Å²) in [4.78, 5) is 40.8. The van der Waals surface area contributed by atoms with Crippen molar-refractivity contribution in [2.45, 2.75) is 32.9 Å². The number of nitrogens with zero attached hydrogens (tertiary/aromatic N) is 2. The number of nitrogens with one attached hydrogen (secondary N) is 2. The zero-order valence-corrected chi connectivity index (χ0v) is 19.0. The number of hydrogen-bond donors (Lipinski definition) is 4. The molecule has 14 heteroatoms. The van der Waals surface area contributed by atoms with E-state index in [0.29, 0.717) is 24.2 Å². The summed E-state index contributed by atoms with van der Waals surface area (Å²) in [5, 5.41) is 16.4. The molecule has 0 aliphatic carbocycles. The fourth-order valence-corrected chi connectivity index (χ4v) is 3.48. The molecule has 0 saturated heterocycles. The lowest BCUT2D eigenvalue weighted by Gasteiger charge is -2.12. The van der Waals surface area contributed by atoms with Crippen molar-refractivity contribution in [3.8, 4) is 0 Å². The molecule has 0 saturated carbocycles. The van der Waals surface area contributed by atoms with Gasteiger partial charge in [-0.15, -0.1) is 0 Å². The number of ether oxygens (including phenoxy) is 1. The Morgan fingerprint density at radius 2 is 1.91 bits per heavy atom. The van der Waals surface area contributed by atoms with Crippen molar-refractivity contribution in [3.05, 3.63) is 45.5 Å². The van der Waals surface area contributed by atoms with Crippen molar-refractivity contribution >= 4 is 40.1 Å². The third kappa shape index (κ3) is 7.16. The van der Waals surface area contributed by atoms with Crippen molar-refractivity contribution in [1.29, 1.82) is 0 Å². The second-order valence-corrected chi connectivity index (χ2v) is 7.90. The summed E-state index contributed by atoms with van der Waals surface area (Å²) in [6.07, 6.45) is -4.33. The average Bonchev–Trinajstić information content (AvgIpc) is 3.15. The molecule has 0 radical (unpaired) electrons. The highest BCUT2D eigenvalue weighted by atomic mass is 32.1. The van der Waals surface area contributed by atoms with Gasteiger partial charge in [0.25, 0.3) is 5.91 Å². The number of hydrogen-bond acceptors (Lipinski definition) is 8. The largest absolute Gasteiger partial charge is 0.461 e. The molecule has 1 heterocycles. The molecule has 0 unspecified atom stereocenters. The lowest BCUT2D eigenvalue weighted by atomic mass is 10.0. The maximum absolute atomic E-state index is 13.1. The van der Waals surface area contributed by atoms with Crippen LogP contribution in [0, 0.1) is 6.92 Å². The number of halogens is 3. The summed E-state index contributed by atoms with van der Waals surface area (Å²) in [7, 11) is 0. The van der Waals surface area contributed by atoms with E-state index >= 15 is 0 Å². The van der Waals surface area contributed by atoms with E-state index in [4.69, 9.17) is 15.7 Å². The van der Waals surface area contributed by atoms with E-state index in [1.54, 1.807) is 6.92 Å². The summed E-state index contributed by atoms with van der Waals surface area (Å²) in [5.74, 6) is -2.57. The van der Waals surface area contributed by atoms with Crippen LogP contribution in [0.15, 0.2) is 23.4 Å². The van der Waals surface area contributed by atoms with Crippen LogP contribution in [0.3, 0.4) is 0 Å². The van der Waals surface area contributed by atoms with Gasteiger partial charge in [0, 0.05) is 24.1 Å². The van der Waals surface area contributed by atoms with Gasteiger partial charge in [0.2, 0.25) is 5.91 Å².